The van der Waals surface area contributed by atoms with E-state index in [-0.39, 0.29) is 0 Å². The molecule has 162 valence electrons. The van der Waals surface area contributed by atoms with Crippen LogP contribution in [-0.4, -0.2) is 42.8 Å². The highest BCUT2D eigenvalue weighted by Gasteiger charge is 2.37. The van der Waals surface area contributed by atoms with Crippen LogP contribution in [0.4, 0.5) is 13.2 Å². The number of hydrogen-bond donors (Lipinski definition) is 1. The summed E-state index contributed by atoms with van der Waals surface area (Å²) in [4.78, 5) is 13.8. The quantitative estimate of drug-likeness (QED) is 0.727. The molecule has 30 heavy (non-hydrogen) atoms. The number of methoxy groups -OCH3 is 2. The smallest absolute Gasteiger partial charge is 0.416 e. The van der Waals surface area contributed by atoms with Crippen LogP contribution in [0.2, 0.25) is 0 Å². The van der Waals surface area contributed by atoms with Gasteiger partial charge in [0.1, 0.15) is 17.5 Å². The Morgan fingerprint density at radius 1 is 1.10 bits per heavy atom. The number of carbonyl (C=O) groups is 1. The number of hydrogen-bond acceptors (Lipinski definition) is 4. The van der Waals surface area contributed by atoms with E-state index in [9.17, 15) is 23.1 Å². The van der Waals surface area contributed by atoms with Crippen molar-refractivity contribution in [2.75, 3.05) is 20.8 Å². The van der Waals surface area contributed by atoms with Gasteiger partial charge in [0.05, 0.1) is 25.8 Å². The van der Waals surface area contributed by atoms with Crippen LogP contribution in [-0.2, 0) is 11.0 Å². The van der Waals surface area contributed by atoms with Crippen LogP contribution in [0.5, 0.6) is 11.5 Å². The van der Waals surface area contributed by atoms with Crippen molar-refractivity contribution in [3.63, 3.8) is 0 Å². The zero-order chi connectivity index (χ0) is 21.9. The molecule has 0 spiro atoms. The van der Waals surface area contributed by atoms with Crippen LogP contribution in [0.1, 0.15) is 42.0 Å². The number of ether oxygens (including phenoxy) is 2. The summed E-state index contributed by atoms with van der Waals surface area (Å²) in [5, 5.41) is 9.77. The number of nitrogens with zero attached hydrogens (tertiary/aromatic N) is 1. The third-order valence-corrected chi connectivity index (χ3v) is 5.45. The second-order valence-electron chi connectivity index (χ2n) is 7.22. The predicted octanol–water partition coefficient (Wildman–Crippen LogP) is 4.75. The molecule has 0 amide bonds. The van der Waals surface area contributed by atoms with E-state index in [0.717, 1.165) is 25.0 Å². The predicted molar refractivity (Wildman–Crippen MR) is 105 cm³/mol. The standard InChI is InChI=1S/C22H24F3NO4/c1-29-16-10-11-17(19(13-16)30-2)20(26-12-4-3-5-18(26)21(27)28)14-6-8-15(9-7-14)22(23,24)25/h6-11,13,18,20H,3-5,12H2,1-2H3,(H,27,28). The van der Waals surface area contributed by atoms with Gasteiger partial charge in [-0.15, -0.1) is 0 Å². The molecule has 5 nitrogen and oxygen atoms in total. The molecule has 3 rings (SSSR count). The maximum absolute atomic E-state index is 13.0. The Hall–Kier alpha value is -2.74. The van der Waals surface area contributed by atoms with E-state index in [1.54, 1.807) is 18.2 Å². The molecule has 0 radical (unpaired) electrons. The molecule has 0 aromatic heterocycles. The van der Waals surface area contributed by atoms with Gasteiger partial charge >= 0.3 is 12.1 Å². The Labute approximate surface area is 173 Å². The number of carboxylic acids is 1. The summed E-state index contributed by atoms with van der Waals surface area (Å²) < 4.78 is 49.9. The molecule has 2 atom stereocenters. The van der Waals surface area contributed by atoms with E-state index in [1.165, 1.54) is 26.4 Å². The lowest BCUT2D eigenvalue weighted by Gasteiger charge is -2.40. The van der Waals surface area contributed by atoms with Crippen molar-refractivity contribution < 1.29 is 32.5 Å². The Balaban J connectivity index is 2.13. The van der Waals surface area contributed by atoms with Gasteiger partial charge in [-0.3, -0.25) is 9.69 Å². The summed E-state index contributed by atoms with van der Waals surface area (Å²) in [6.45, 7) is 0.512. The molecule has 0 aliphatic carbocycles. The van der Waals surface area contributed by atoms with Gasteiger partial charge in [-0.2, -0.15) is 13.2 Å². The summed E-state index contributed by atoms with van der Waals surface area (Å²) in [6, 6.07) is 8.74. The van der Waals surface area contributed by atoms with E-state index in [2.05, 4.69) is 0 Å². The van der Waals surface area contributed by atoms with Crippen molar-refractivity contribution in [1.29, 1.82) is 0 Å². The monoisotopic (exact) mass is 423 g/mol. The Morgan fingerprint density at radius 3 is 2.37 bits per heavy atom. The molecule has 1 N–H and O–H groups in total. The average Bonchev–Trinajstić information content (AvgIpc) is 2.74. The van der Waals surface area contributed by atoms with E-state index < -0.39 is 29.8 Å². The summed E-state index contributed by atoms with van der Waals surface area (Å²) in [6.07, 6.45) is -2.38. The first kappa shape index (κ1) is 22.0. The zero-order valence-electron chi connectivity index (χ0n) is 16.8. The molecule has 0 bridgehead atoms. The molecule has 1 saturated heterocycles. The van der Waals surface area contributed by atoms with Gasteiger partial charge in [0, 0.05) is 11.6 Å². The second kappa shape index (κ2) is 8.95. The first-order chi connectivity index (χ1) is 14.3. The van der Waals surface area contributed by atoms with E-state index in [0.29, 0.717) is 35.6 Å². The van der Waals surface area contributed by atoms with Crippen molar-refractivity contribution in [3.8, 4) is 11.5 Å². The molecule has 0 saturated carbocycles. The topological polar surface area (TPSA) is 59.0 Å². The molecule has 1 aliphatic heterocycles. The Morgan fingerprint density at radius 2 is 1.80 bits per heavy atom. The average molecular weight is 423 g/mol. The van der Waals surface area contributed by atoms with E-state index >= 15 is 0 Å². The minimum Gasteiger partial charge on any atom is -0.497 e. The van der Waals surface area contributed by atoms with Gasteiger partial charge in [0.15, 0.2) is 0 Å². The van der Waals surface area contributed by atoms with Crippen molar-refractivity contribution in [3.05, 3.63) is 59.2 Å². The third kappa shape index (κ3) is 4.53. The molecular formula is C22H24F3NO4. The number of halogens is 3. The van der Waals surface area contributed by atoms with Gasteiger partial charge in [0.25, 0.3) is 0 Å². The fourth-order valence-electron chi connectivity index (χ4n) is 3.98. The fraction of sp³-hybridized carbons (Fsp3) is 0.409. The van der Waals surface area contributed by atoms with Crippen LogP contribution in [0.25, 0.3) is 0 Å². The van der Waals surface area contributed by atoms with Crippen LogP contribution >= 0.6 is 0 Å². The maximum atomic E-state index is 13.0. The SMILES string of the molecule is COc1ccc(C(c2ccc(C(F)(F)F)cc2)N2CCCCC2C(=O)O)c(OC)c1. The summed E-state index contributed by atoms with van der Waals surface area (Å²) in [5.74, 6) is 0.100. The lowest BCUT2D eigenvalue weighted by molar-refractivity contribution is -0.145. The zero-order valence-corrected chi connectivity index (χ0v) is 16.8. The molecule has 1 aliphatic rings. The molecule has 1 heterocycles. The minimum absolute atomic E-state index is 0.477. The number of aliphatic carboxylic acids is 1. The summed E-state index contributed by atoms with van der Waals surface area (Å²) in [5.41, 5.74) is 0.492. The van der Waals surface area contributed by atoms with Gasteiger partial charge in [-0.1, -0.05) is 18.6 Å². The second-order valence-corrected chi connectivity index (χ2v) is 7.22. The van der Waals surface area contributed by atoms with Gasteiger partial charge < -0.3 is 14.6 Å². The van der Waals surface area contributed by atoms with Crippen LogP contribution in [0.3, 0.4) is 0 Å². The Kier molecular flexibility index (Phi) is 6.55. The van der Waals surface area contributed by atoms with E-state index in [1.807, 2.05) is 4.90 Å². The van der Waals surface area contributed by atoms with Gasteiger partial charge in [-0.25, -0.2) is 0 Å². The number of alkyl halides is 3. The van der Waals surface area contributed by atoms with Crippen molar-refractivity contribution in [2.24, 2.45) is 0 Å². The highest BCUT2D eigenvalue weighted by molar-refractivity contribution is 5.74. The molecule has 8 heteroatoms. The minimum atomic E-state index is -4.44. The lowest BCUT2D eigenvalue weighted by atomic mass is 9.90. The molecule has 2 unspecified atom stereocenters. The van der Waals surface area contributed by atoms with Crippen molar-refractivity contribution in [2.45, 2.75) is 37.5 Å². The fourth-order valence-corrected chi connectivity index (χ4v) is 3.98. The number of carboxylic acid groups (broad SMARTS) is 1. The summed E-state index contributed by atoms with van der Waals surface area (Å²) >= 11 is 0. The first-order valence-electron chi connectivity index (χ1n) is 9.64. The Bertz CT molecular complexity index is 883. The largest absolute Gasteiger partial charge is 0.497 e. The first-order valence-corrected chi connectivity index (χ1v) is 9.64. The maximum Gasteiger partial charge on any atom is 0.416 e. The number of piperidine rings is 1. The van der Waals surface area contributed by atoms with E-state index in [4.69, 9.17) is 9.47 Å². The van der Waals surface area contributed by atoms with Gasteiger partial charge in [-0.05, 0) is 49.2 Å². The normalized spacial score (nSPS) is 18.6. The third-order valence-electron chi connectivity index (χ3n) is 5.45. The van der Waals surface area contributed by atoms with Crippen molar-refractivity contribution >= 4 is 5.97 Å². The molecule has 2 aromatic rings. The lowest BCUT2D eigenvalue weighted by Crippen LogP contribution is -2.46. The van der Waals surface area contributed by atoms with Crippen LogP contribution in [0.15, 0.2) is 42.5 Å². The molecular weight excluding hydrogens is 399 g/mol. The van der Waals surface area contributed by atoms with Crippen LogP contribution < -0.4 is 9.47 Å². The molecule has 2 aromatic carbocycles. The summed E-state index contributed by atoms with van der Waals surface area (Å²) in [7, 11) is 3.01. The number of rotatable bonds is 6. The van der Waals surface area contributed by atoms with Crippen molar-refractivity contribution in [1.82, 2.24) is 4.90 Å². The van der Waals surface area contributed by atoms with Gasteiger partial charge in [0.2, 0.25) is 0 Å². The highest BCUT2D eigenvalue weighted by Crippen LogP contribution is 2.40. The number of likely N-dealkylation sites (tertiary alicyclic amines) is 1. The highest BCUT2D eigenvalue weighted by atomic mass is 19.4. The number of benzene rings is 2. The molecule has 1 fully saturated rings. The van der Waals surface area contributed by atoms with Crippen LogP contribution in [0, 0.1) is 0 Å².